The lowest BCUT2D eigenvalue weighted by molar-refractivity contribution is 0.600. The number of sulfonamides is 1. The van der Waals surface area contributed by atoms with E-state index in [9.17, 15) is 8.42 Å². The number of benzene rings is 2. The van der Waals surface area contributed by atoms with Gasteiger partial charge in [-0.3, -0.25) is 9.40 Å². The summed E-state index contributed by atoms with van der Waals surface area (Å²) in [6, 6.07) is 15.7. The minimum Gasteiger partial charge on any atom is -0.328 e. The van der Waals surface area contributed by atoms with Gasteiger partial charge in [-0.25, -0.2) is 13.4 Å². The van der Waals surface area contributed by atoms with Gasteiger partial charge < -0.3 is 4.57 Å². The Labute approximate surface area is 182 Å². The molecule has 0 amide bonds. The maximum atomic E-state index is 12.8. The largest absolute Gasteiger partial charge is 0.328 e. The monoisotopic (exact) mass is 437 g/mol. The lowest BCUT2D eigenvalue weighted by Crippen LogP contribution is -2.14. The molecule has 0 fully saturated rings. The lowest BCUT2D eigenvalue weighted by Gasteiger charge is -2.12. The highest BCUT2D eigenvalue weighted by atomic mass is 32.2. The number of para-hydroxylation sites is 3. The lowest BCUT2D eigenvalue weighted by atomic mass is 10.1. The van der Waals surface area contributed by atoms with Gasteiger partial charge in [0.15, 0.2) is 0 Å². The highest BCUT2D eigenvalue weighted by molar-refractivity contribution is 7.92. The maximum Gasteiger partial charge on any atom is 0.265 e. The Morgan fingerprint density at radius 1 is 1.00 bits per heavy atom. The molecule has 0 unspecified atom stereocenters. The summed E-state index contributed by atoms with van der Waals surface area (Å²) in [5.41, 5.74) is 3.66. The fourth-order valence-corrected chi connectivity index (χ4v) is 4.79. The van der Waals surface area contributed by atoms with E-state index < -0.39 is 10.0 Å². The van der Waals surface area contributed by atoms with Crippen LogP contribution in [0.2, 0.25) is 0 Å². The van der Waals surface area contributed by atoms with E-state index in [2.05, 4.69) is 27.4 Å². The van der Waals surface area contributed by atoms with Crippen LogP contribution in [0.5, 0.6) is 0 Å². The summed E-state index contributed by atoms with van der Waals surface area (Å²) in [4.78, 5) is 4.98. The second kappa shape index (κ2) is 8.93. The SMILES string of the molecule is CCCn1c(CCc2ccccc2NS(=O)(=O)c2cnn(CC)c2)nc2ccccc21. The first-order chi connectivity index (χ1) is 15.0. The third kappa shape index (κ3) is 4.49. The Balaban J connectivity index is 1.57. The van der Waals surface area contributed by atoms with Gasteiger partial charge in [-0.05, 0) is 43.5 Å². The zero-order valence-corrected chi connectivity index (χ0v) is 18.6. The van der Waals surface area contributed by atoms with Crippen molar-refractivity contribution in [2.45, 2.75) is 51.1 Å². The molecular weight excluding hydrogens is 410 g/mol. The average molecular weight is 438 g/mol. The molecule has 0 bridgehead atoms. The van der Waals surface area contributed by atoms with Gasteiger partial charge in [0.2, 0.25) is 0 Å². The molecule has 4 aromatic rings. The van der Waals surface area contributed by atoms with Crippen LogP contribution in [-0.2, 0) is 36.0 Å². The summed E-state index contributed by atoms with van der Waals surface area (Å²) >= 11 is 0. The number of rotatable bonds is 9. The molecule has 0 saturated carbocycles. The summed E-state index contributed by atoms with van der Waals surface area (Å²) in [7, 11) is -3.70. The van der Waals surface area contributed by atoms with Crippen LogP contribution in [0.3, 0.4) is 0 Å². The van der Waals surface area contributed by atoms with E-state index in [0.29, 0.717) is 18.7 Å². The number of nitrogens with zero attached hydrogens (tertiary/aromatic N) is 4. The Morgan fingerprint density at radius 2 is 1.77 bits per heavy atom. The van der Waals surface area contributed by atoms with Crippen molar-refractivity contribution in [3.05, 3.63) is 72.3 Å². The number of imidazole rings is 1. The van der Waals surface area contributed by atoms with Crippen molar-refractivity contribution in [3.63, 3.8) is 0 Å². The molecule has 2 heterocycles. The molecule has 0 radical (unpaired) electrons. The van der Waals surface area contributed by atoms with Gasteiger partial charge in [0.25, 0.3) is 10.0 Å². The first-order valence-electron chi connectivity index (χ1n) is 10.6. The highest BCUT2D eigenvalue weighted by Crippen LogP contribution is 2.23. The van der Waals surface area contributed by atoms with Gasteiger partial charge in [0.1, 0.15) is 10.7 Å². The second-order valence-electron chi connectivity index (χ2n) is 7.46. The molecule has 7 nitrogen and oxygen atoms in total. The van der Waals surface area contributed by atoms with E-state index in [1.165, 1.54) is 12.4 Å². The van der Waals surface area contributed by atoms with Gasteiger partial charge in [-0.15, -0.1) is 0 Å². The standard InChI is InChI=1S/C23H27N5O2S/c1-3-15-28-22-12-8-7-11-21(22)25-23(28)14-13-18-9-5-6-10-20(18)26-31(29,30)19-16-24-27(4-2)17-19/h5-12,16-17,26H,3-4,13-15H2,1-2H3. The average Bonchev–Trinajstić information content (AvgIpc) is 3.39. The third-order valence-corrected chi connectivity index (χ3v) is 6.62. The van der Waals surface area contributed by atoms with Crippen LogP contribution in [-0.4, -0.2) is 27.7 Å². The summed E-state index contributed by atoms with van der Waals surface area (Å²) in [6.07, 6.45) is 5.34. The van der Waals surface area contributed by atoms with Crippen molar-refractivity contribution in [2.75, 3.05) is 4.72 Å². The smallest absolute Gasteiger partial charge is 0.265 e. The fourth-order valence-electron chi connectivity index (χ4n) is 3.73. The second-order valence-corrected chi connectivity index (χ2v) is 9.15. The summed E-state index contributed by atoms with van der Waals surface area (Å²) < 4.78 is 32.3. The van der Waals surface area contributed by atoms with Crippen LogP contribution in [0.25, 0.3) is 11.0 Å². The van der Waals surface area contributed by atoms with Crippen LogP contribution in [0, 0.1) is 0 Å². The summed E-state index contributed by atoms with van der Waals surface area (Å²) in [5.74, 6) is 1.02. The molecule has 2 aromatic heterocycles. The minimum absolute atomic E-state index is 0.161. The van der Waals surface area contributed by atoms with Crippen LogP contribution in [0.15, 0.2) is 65.8 Å². The van der Waals surface area contributed by atoms with Crippen molar-refractivity contribution in [1.82, 2.24) is 19.3 Å². The van der Waals surface area contributed by atoms with Crippen molar-refractivity contribution in [2.24, 2.45) is 0 Å². The Morgan fingerprint density at radius 3 is 2.55 bits per heavy atom. The quantitative estimate of drug-likeness (QED) is 0.424. The number of hydrogen-bond donors (Lipinski definition) is 1. The Bertz CT molecular complexity index is 1290. The zero-order valence-electron chi connectivity index (χ0n) is 17.8. The maximum absolute atomic E-state index is 12.8. The first-order valence-corrected chi connectivity index (χ1v) is 12.1. The normalized spacial score (nSPS) is 11.8. The highest BCUT2D eigenvalue weighted by Gasteiger charge is 2.18. The topological polar surface area (TPSA) is 81.8 Å². The summed E-state index contributed by atoms with van der Waals surface area (Å²) in [6.45, 7) is 5.59. The van der Waals surface area contributed by atoms with Crippen molar-refractivity contribution >= 4 is 26.7 Å². The molecule has 162 valence electrons. The molecule has 0 saturated heterocycles. The van der Waals surface area contributed by atoms with Gasteiger partial charge >= 0.3 is 0 Å². The fraction of sp³-hybridized carbons (Fsp3) is 0.304. The zero-order chi connectivity index (χ0) is 21.8. The Kier molecular flexibility index (Phi) is 6.08. The number of fused-ring (bicyclic) bond motifs is 1. The Hall–Kier alpha value is -3.13. The molecular formula is C23H27N5O2S. The molecule has 2 aromatic carbocycles. The number of hydrogen-bond acceptors (Lipinski definition) is 4. The van der Waals surface area contributed by atoms with Crippen LogP contribution in [0.1, 0.15) is 31.7 Å². The van der Waals surface area contributed by atoms with Crippen LogP contribution < -0.4 is 4.72 Å². The van der Waals surface area contributed by atoms with E-state index in [0.717, 1.165) is 41.8 Å². The minimum atomic E-state index is -3.70. The van der Waals surface area contributed by atoms with Crippen molar-refractivity contribution in [1.29, 1.82) is 0 Å². The third-order valence-electron chi connectivity index (χ3n) is 5.30. The molecule has 1 N–H and O–H groups in total. The molecule has 0 aliphatic rings. The molecule has 31 heavy (non-hydrogen) atoms. The van der Waals surface area contributed by atoms with Crippen LogP contribution in [0.4, 0.5) is 5.69 Å². The predicted octanol–water partition coefficient (Wildman–Crippen LogP) is 4.25. The number of nitrogens with one attached hydrogen (secondary N) is 1. The number of aromatic nitrogens is 4. The number of aryl methyl sites for hydroxylation is 4. The van der Waals surface area contributed by atoms with E-state index in [4.69, 9.17) is 4.98 Å². The van der Waals surface area contributed by atoms with E-state index in [-0.39, 0.29) is 4.90 Å². The summed E-state index contributed by atoms with van der Waals surface area (Å²) in [5, 5.41) is 4.08. The van der Waals surface area contributed by atoms with E-state index >= 15 is 0 Å². The van der Waals surface area contributed by atoms with Crippen molar-refractivity contribution in [3.8, 4) is 0 Å². The van der Waals surface area contributed by atoms with Gasteiger partial charge in [-0.1, -0.05) is 37.3 Å². The molecule has 0 atom stereocenters. The predicted molar refractivity (Wildman–Crippen MR) is 123 cm³/mol. The van der Waals surface area contributed by atoms with Gasteiger partial charge in [-0.2, -0.15) is 5.10 Å². The molecule has 4 rings (SSSR count). The molecule has 0 aliphatic carbocycles. The van der Waals surface area contributed by atoms with E-state index in [1.54, 1.807) is 10.7 Å². The van der Waals surface area contributed by atoms with Gasteiger partial charge in [0.05, 0.1) is 22.9 Å². The van der Waals surface area contributed by atoms with Crippen molar-refractivity contribution < 1.29 is 8.42 Å². The molecule has 8 heteroatoms. The van der Waals surface area contributed by atoms with Gasteiger partial charge in [0, 0.05) is 25.7 Å². The molecule has 0 spiro atoms. The number of anilines is 1. The van der Waals surface area contributed by atoms with Crippen LogP contribution >= 0.6 is 0 Å². The molecule has 0 aliphatic heterocycles. The first kappa shape index (κ1) is 21.1. The van der Waals surface area contributed by atoms with E-state index in [1.807, 2.05) is 43.3 Å².